The lowest BCUT2D eigenvalue weighted by Gasteiger charge is -2.21. The van der Waals surface area contributed by atoms with Crippen LogP contribution in [0.15, 0.2) is 66.3 Å². The fourth-order valence-electron chi connectivity index (χ4n) is 3.61. The fourth-order valence-corrected chi connectivity index (χ4v) is 3.61. The Labute approximate surface area is 178 Å². The molecule has 0 radical (unpaired) electrons. The lowest BCUT2D eigenvalue weighted by atomic mass is 9.88. The highest BCUT2D eigenvalue weighted by Crippen LogP contribution is 2.31. The molecule has 1 aliphatic carbocycles. The lowest BCUT2D eigenvalue weighted by molar-refractivity contribution is -0.122. The van der Waals surface area contributed by atoms with Crippen molar-refractivity contribution in [3.63, 3.8) is 0 Å². The van der Waals surface area contributed by atoms with E-state index in [1.165, 1.54) is 5.57 Å². The van der Waals surface area contributed by atoms with Crippen LogP contribution in [0.4, 0.5) is 0 Å². The van der Waals surface area contributed by atoms with Crippen molar-refractivity contribution in [2.45, 2.75) is 45.4 Å². The molecule has 1 aromatic carbocycles. The SMILES string of the molecule is CC(C)CC(C(=O)NCC#N)c1cccc(C2=COC=C(CC3=CC=CCC3)O2)c1. The van der Waals surface area contributed by atoms with E-state index in [-0.39, 0.29) is 18.4 Å². The normalized spacial score (nSPS) is 16.4. The van der Waals surface area contributed by atoms with Gasteiger partial charge in [-0.15, -0.1) is 0 Å². The van der Waals surface area contributed by atoms with Crippen LogP contribution in [-0.4, -0.2) is 12.5 Å². The van der Waals surface area contributed by atoms with E-state index in [4.69, 9.17) is 14.7 Å². The van der Waals surface area contributed by atoms with Gasteiger partial charge in [0.2, 0.25) is 5.91 Å². The van der Waals surface area contributed by atoms with Gasteiger partial charge < -0.3 is 14.8 Å². The Morgan fingerprint density at radius 1 is 1.30 bits per heavy atom. The van der Waals surface area contributed by atoms with E-state index < -0.39 is 0 Å². The smallest absolute Gasteiger partial charge is 0.228 e. The minimum absolute atomic E-state index is 0.00835. The Hall–Kier alpha value is -3.26. The van der Waals surface area contributed by atoms with Gasteiger partial charge in [-0.25, -0.2) is 0 Å². The molecule has 1 heterocycles. The molecule has 0 aromatic heterocycles. The van der Waals surface area contributed by atoms with Crippen molar-refractivity contribution < 1.29 is 14.3 Å². The van der Waals surface area contributed by atoms with E-state index >= 15 is 0 Å². The zero-order valence-corrected chi connectivity index (χ0v) is 17.6. The summed E-state index contributed by atoms with van der Waals surface area (Å²) in [7, 11) is 0. The number of nitrogens with one attached hydrogen (secondary N) is 1. The van der Waals surface area contributed by atoms with Gasteiger partial charge in [-0.2, -0.15) is 5.26 Å². The molecule has 2 aliphatic rings. The van der Waals surface area contributed by atoms with Crippen molar-refractivity contribution in [1.82, 2.24) is 5.32 Å². The van der Waals surface area contributed by atoms with Crippen molar-refractivity contribution >= 4 is 11.7 Å². The first-order chi connectivity index (χ1) is 14.6. The highest BCUT2D eigenvalue weighted by Gasteiger charge is 2.23. The average Bonchev–Trinajstić information content (AvgIpc) is 2.76. The molecular weight excluding hydrogens is 376 g/mol. The predicted octanol–water partition coefficient (Wildman–Crippen LogP) is 5.31. The number of nitrogens with zero attached hydrogens (tertiary/aromatic N) is 1. The van der Waals surface area contributed by atoms with Crippen LogP contribution < -0.4 is 5.32 Å². The van der Waals surface area contributed by atoms with E-state index in [0.717, 1.165) is 29.7 Å². The Morgan fingerprint density at radius 3 is 2.90 bits per heavy atom. The van der Waals surface area contributed by atoms with Crippen LogP contribution >= 0.6 is 0 Å². The number of allylic oxidation sites excluding steroid dienone is 4. The van der Waals surface area contributed by atoms with Gasteiger partial charge in [-0.3, -0.25) is 4.79 Å². The maximum absolute atomic E-state index is 12.6. The molecule has 5 heteroatoms. The molecule has 156 valence electrons. The van der Waals surface area contributed by atoms with Gasteiger partial charge in [-0.05, 0) is 36.8 Å². The molecule has 1 aromatic rings. The highest BCUT2D eigenvalue weighted by molar-refractivity contribution is 5.84. The Bertz CT molecular complexity index is 932. The summed E-state index contributed by atoms with van der Waals surface area (Å²) in [5.74, 6) is 1.28. The summed E-state index contributed by atoms with van der Waals surface area (Å²) < 4.78 is 11.7. The number of hydrogen-bond donors (Lipinski definition) is 1. The molecule has 1 unspecified atom stereocenters. The molecule has 1 N–H and O–H groups in total. The summed E-state index contributed by atoms with van der Waals surface area (Å²) in [5.41, 5.74) is 3.07. The van der Waals surface area contributed by atoms with Gasteiger partial charge in [0.25, 0.3) is 0 Å². The number of benzene rings is 1. The molecule has 30 heavy (non-hydrogen) atoms. The van der Waals surface area contributed by atoms with Crippen molar-refractivity contribution in [2.24, 2.45) is 5.92 Å². The first-order valence-electron chi connectivity index (χ1n) is 10.4. The highest BCUT2D eigenvalue weighted by atomic mass is 16.5. The number of rotatable bonds is 8. The van der Waals surface area contributed by atoms with Crippen molar-refractivity contribution in [2.75, 3.05) is 6.54 Å². The van der Waals surface area contributed by atoms with Crippen LogP contribution in [0, 0.1) is 17.2 Å². The summed E-state index contributed by atoms with van der Waals surface area (Å²) in [5, 5.41) is 11.5. The predicted molar refractivity (Wildman–Crippen MR) is 117 cm³/mol. The average molecular weight is 405 g/mol. The summed E-state index contributed by atoms with van der Waals surface area (Å²) in [6.45, 7) is 4.18. The van der Waals surface area contributed by atoms with Crippen molar-refractivity contribution in [3.05, 3.63) is 77.5 Å². The molecule has 0 fully saturated rings. The second-order valence-electron chi connectivity index (χ2n) is 7.96. The van der Waals surface area contributed by atoms with Crippen LogP contribution in [0.3, 0.4) is 0 Å². The molecule has 1 aliphatic heterocycles. The molecule has 1 amide bonds. The quantitative estimate of drug-likeness (QED) is 0.596. The standard InChI is InChI=1S/C25H28N2O3/c1-18(2)13-23(25(28)27-12-11-26)20-9-6-10-21(15-20)24-17-29-16-22(30-24)14-19-7-4-3-5-8-19/h3-4,6-7,9-10,15-18,23H,5,8,12-14H2,1-2H3,(H,27,28). The van der Waals surface area contributed by atoms with E-state index in [1.54, 1.807) is 12.5 Å². The topological polar surface area (TPSA) is 71.4 Å². The molecule has 1 atom stereocenters. The Morgan fingerprint density at radius 2 is 2.17 bits per heavy atom. The maximum Gasteiger partial charge on any atom is 0.228 e. The number of carbonyl (C=O) groups excluding carboxylic acids is 1. The molecule has 5 nitrogen and oxygen atoms in total. The van der Waals surface area contributed by atoms with Crippen LogP contribution in [-0.2, 0) is 14.3 Å². The number of amides is 1. The van der Waals surface area contributed by atoms with Crippen LogP contribution in [0.25, 0.3) is 5.76 Å². The van der Waals surface area contributed by atoms with Gasteiger partial charge in [0.15, 0.2) is 5.76 Å². The molecule has 0 bridgehead atoms. The third-order valence-electron chi connectivity index (χ3n) is 5.06. The van der Waals surface area contributed by atoms with Gasteiger partial charge in [-0.1, -0.05) is 55.8 Å². The molecule has 0 saturated heterocycles. The Kier molecular flexibility index (Phi) is 7.51. The Balaban J connectivity index is 1.75. The molecule has 0 saturated carbocycles. The molecule has 3 rings (SSSR count). The van der Waals surface area contributed by atoms with Gasteiger partial charge in [0, 0.05) is 12.0 Å². The van der Waals surface area contributed by atoms with E-state index in [2.05, 4.69) is 37.4 Å². The third-order valence-corrected chi connectivity index (χ3v) is 5.06. The van der Waals surface area contributed by atoms with Gasteiger partial charge in [0.05, 0.1) is 12.0 Å². The van der Waals surface area contributed by atoms with Crippen molar-refractivity contribution in [1.29, 1.82) is 5.26 Å². The minimum atomic E-state index is -0.322. The minimum Gasteiger partial charge on any atom is -0.465 e. The molecule has 0 spiro atoms. The number of hydrogen-bond acceptors (Lipinski definition) is 4. The zero-order valence-electron chi connectivity index (χ0n) is 17.6. The second kappa shape index (κ2) is 10.5. The largest absolute Gasteiger partial charge is 0.465 e. The van der Waals surface area contributed by atoms with E-state index in [0.29, 0.717) is 24.5 Å². The number of carbonyl (C=O) groups is 1. The molecular formula is C25H28N2O3. The monoisotopic (exact) mass is 404 g/mol. The van der Waals surface area contributed by atoms with Crippen LogP contribution in [0.1, 0.15) is 56.6 Å². The van der Waals surface area contributed by atoms with E-state index in [9.17, 15) is 4.79 Å². The lowest BCUT2D eigenvalue weighted by Crippen LogP contribution is -2.30. The summed E-state index contributed by atoms with van der Waals surface area (Å²) in [6, 6.07) is 9.76. The maximum atomic E-state index is 12.6. The summed E-state index contributed by atoms with van der Waals surface area (Å²) in [4.78, 5) is 12.6. The first kappa shape index (κ1) is 21.4. The first-order valence-corrected chi connectivity index (χ1v) is 10.4. The third kappa shape index (κ3) is 5.87. The van der Waals surface area contributed by atoms with Crippen molar-refractivity contribution in [3.8, 4) is 6.07 Å². The summed E-state index contributed by atoms with van der Waals surface area (Å²) >= 11 is 0. The van der Waals surface area contributed by atoms with E-state index in [1.807, 2.05) is 30.3 Å². The zero-order chi connectivity index (χ0) is 21.3. The fraction of sp³-hybridized carbons (Fsp3) is 0.360. The van der Waals surface area contributed by atoms with Gasteiger partial charge in [0.1, 0.15) is 24.8 Å². The second-order valence-corrected chi connectivity index (χ2v) is 7.96. The van der Waals surface area contributed by atoms with Crippen LogP contribution in [0.5, 0.6) is 0 Å². The summed E-state index contributed by atoms with van der Waals surface area (Å²) in [6.07, 6.45) is 13.1. The van der Waals surface area contributed by atoms with Gasteiger partial charge >= 0.3 is 0 Å². The van der Waals surface area contributed by atoms with Crippen LogP contribution in [0.2, 0.25) is 0 Å². The number of ether oxygens (including phenoxy) is 2. The number of nitriles is 1.